The molecule has 0 spiro atoms. The van der Waals surface area contributed by atoms with Gasteiger partial charge >= 0.3 is 0 Å². The Bertz CT molecular complexity index is 791. The fraction of sp³-hybridized carbons (Fsp3) is 0.417. The van der Waals surface area contributed by atoms with E-state index in [0.717, 1.165) is 0 Å². The molecule has 0 saturated carbocycles. The van der Waals surface area contributed by atoms with Crippen molar-refractivity contribution in [2.24, 2.45) is 0 Å². The van der Waals surface area contributed by atoms with E-state index in [2.05, 4.69) is 20.9 Å². The van der Waals surface area contributed by atoms with Gasteiger partial charge in [0.1, 0.15) is 12.3 Å². The van der Waals surface area contributed by atoms with Crippen LogP contribution in [0.25, 0.3) is 11.2 Å². The molecule has 0 amide bonds. The van der Waals surface area contributed by atoms with E-state index in [0.29, 0.717) is 0 Å². The Morgan fingerprint density at radius 2 is 2.48 bits per heavy atom. The number of nitrogens with one attached hydrogen (secondary N) is 1. The monoisotopic (exact) mass is 291 g/mol. The molecule has 9 nitrogen and oxygen atoms in total. The van der Waals surface area contributed by atoms with Crippen molar-refractivity contribution in [1.82, 2.24) is 19.5 Å². The van der Waals surface area contributed by atoms with Crippen molar-refractivity contribution >= 4 is 17.1 Å². The Labute approximate surface area is 118 Å². The predicted molar refractivity (Wildman–Crippen MR) is 72.0 cm³/mol. The van der Waals surface area contributed by atoms with Gasteiger partial charge in [-0.1, -0.05) is 5.92 Å². The van der Waals surface area contributed by atoms with Crippen LogP contribution in [0.4, 0.5) is 5.95 Å². The average molecular weight is 291 g/mol. The van der Waals surface area contributed by atoms with Gasteiger partial charge in [0, 0.05) is 6.42 Å². The third-order valence-corrected chi connectivity index (χ3v) is 3.55. The summed E-state index contributed by atoms with van der Waals surface area (Å²) in [5.41, 5.74) is 3.89. The smallest absolute Gasteiger partial charge is 0.280 e. The van der Waals surface area contributed by atoms with Gasteiger partial charge in [0.25, 0.3) is 5.56 Å². The number of nitrogens with zero attached hydrogens (tertiary/aromatic N) is 3. The average Bonchev–Trinajstić information content (AvgIpc) is 3.00. The standard InChI is InChI=1S/C12H13N5O4/c1-2-12(4-18)6(19)3-7(21-12)17-5-14-8-9(17)15-11(13)16-10(8)20/h1,5-7,18-19H,3-4H2,(H3,13,15,16,20)/t6-,7?,12+/m0/s1. The number of aromatic nitrogens is 4. The number of terminal acetylenes is 1. The van der Waals surface area contributed by atoms with E-state index in [1.54, 1.807) is 0 Å². The van der Waals surface area contributed by atoms with Crippen LogP contribution < -0.4 is 11.3 Å². The lowest BCUT2D eigenvalue weighted by Gasteiger charge is -2.23. The highest BCUT2D eigenvalue weighted by molar-refractivity contribution is 5.70. The minimum absolute atomic E-state index is 0.0573. The van der Waals surface area contributed by atoms with Gasteiger partial charge in [-0.3, -0.25) is 14.3 Å². The maximum absolute atomic E-state index is 11.7. The molecule has 110 valence electrons. The van der Waals surface area contributed by atoms with Gasteiger partial charge in [-0.05, 0) is 0 Å². The number of rotatable bonds is 2. The Kier molecular flexibility index (Phi) is 2.94. The van der Waals surface area contributed by atoms with Gasteiger partial charge in [-0.2, -0.15) is 4.98 Å². The number of imidazole rings is 1. The second-order valence-corrected chi connectivity index (χ2v) is 4.79. The molecule has 3 atom stereocenters. The number of aromatic amines is 1. The first kappa shape index (κ1) is 13.6. The highest BCUT2D eigenvalue weighted by Crippen LogP contribution is 2.37. The van der Waals surface area contributed by atoms with E-state index in [4.69, 9.17) is 16.9 Å². The summed E-state index contributed by atoms with van der Waals surface area (Å²) < 4.78 is 7.04. The normalized spacial score (nSPS) is 28.8. The molecule has 21 heavy (non-hydrogen) atoms. The molecule has 1 saturated heterocycles. The highest BCUT2D eigenvalue weighted by Gasteiger charge is 2.47. The fourth-order valence-corrected chi connectivity index (χ4v) is 2.39. The molecule has 3 rings (SSSR count). The number of anilines is 1. The van der Waals surface area contributed by atoms with Crippen LogP contribution in [-0.4, -0.2) is 48.0 Å². The first-order valence-corrected chi connectivity index (χ1v) is 6.17. The number of H-pyrrole nitrogens is 1. The van der Waals surface area contributed by atoms with Crippen LogP contribution in [0.1, 0.15) is 12.6 Å². The van der Waals surface area contributed by atoms with Gasteiger partial charge in [-0.25, -0.2) is 4.98 Å². The molecule has 0 bridgehead atoms. The molecule has 0 radical (unpaired) electrons. The largest absolute Gasteiger partial charge is 0.392 e. The van der Waals surface area contributed by atoms with E-state index in [1.165, 1.54) is 10.9 Å². The maximum Gasteiger partial charge on any atom is 0.280 e. The zero-order chi connectivity index (χ0) is 15.2. The van der Waals surface area contributed by atoms with Crippen LogP contribution in [0.3, 0.4) is 0 Å². The number of aliphatic hydroxyl groups excluding tert-OH is 2. The summed E-state index contributed by atoms with van der Waals surface area (Å²) in [5.74, 6) is 2.21. The number of nitrogens with two attached hydrogens (primary N) is 1. The van der Waals surface area contributed by atoms with Crippen molar-refractivity contribution in [1.29, 1.82) is 0 Å². The minimum atomic E-state index is -1.48. The van der Waals surface area contributed by atoms with Crippen LogP contribution in [0, 0.1) is 12.3 Å². The Morgan fingerprint density at radius 1 is 1.71 bits per heavy atom. The molecule has 3 heterocycles. The minimum Gasteiger partial charge on any atom is -0.392 e. The second kappa shape index (κ2) is 4.56. The van der Waals surface area contributed by atoms with Gasteiger partial charge in [-0.15, -0.1) is 6.42 Å². The molecular formula is C12H13N5O4. The fourth-order valence-electron chi connectivity index (χ4n) is 2.39. The van der Waals surface area contributed by atoms with Gasteiger partial charge in [0.2, 0.25) is 5.95 Å². The third-order valence-electron chi connectivity index (χ3n) is 3.55. The lowest BCUT2D eigenvalue weighted by atomic mass is 9.99. The van der Waals surface area contributed by atoms with Crippen molar-refractivity contribution < 1.29 is 14.9 Å². The lowest BCUT2D eigenvalue weighted by Crippen LogP contribution is -2.41. The first-order chi connectivity index (χ1) is 10.0. The molecule has 1 fully saturated rings. The van der Waals surface area contributed by atoms with Gasteiger partial charge < -0.3 is 20.7 Å². The van der Waals surface area contributed by atoms with E-state index in [1.807, 2.05) is 0 Å². The van der Waals surface area contributed by atoms with E-state index < -0.39 is 30.1 Å². The molecule has 2 aromatic heterocycles. The summed E-state index contributed by atoms with van der Waals surface area (Å²) in [6.45, 7) is -0.524. The number of ether oxygens (including phenoxy) is 1. The summed E-state index contributed by atoms with van der Waals surface area (Å²) in [4.78, 5) is 22.0. The van der Waals surface area contributed by atoms with Crippen LogP contribution in [0.5, 0.6) is 0 Å². The highest BCUT2D eigenvalue weighted by atomic mass is 16.6. The van der Waals surface area contributed by atoms with Crippen molar-refractivity contribution in [2.45, 2.75) is 24.4 Å². The van der Waals surface area contributed by atoms with Gasteiger partial charge in [0.15, 0.2) is 16.8 Å². The van der Waals surface area contributed by atoms with Crippen LogP contribution in [0.15, 0.2) is 11.1 Å². The van der Waals surface area contributed by atoms with Crippen molar-refractivity contribution in [3.05, 3.63) is 16.7 Å². The molecular weight excluding hydrogens is 278 g/mol. The van der Waals surface area contributed by atoms with Crippen molar-refractivity contribution in [3.63, 3.8) is 0 Å². The molecule has 5 N–H and O–H groups in total. The molecule has 9 heteroatoms. The third kappa shape index (κ3) is 1.89. The molecule has 1 aliphatic rings. The zero-order valence-corrected chi connectivity index (χ0v) is 10.9. The number of hydrogen-bond donors (Lipinski definition) is 4. The summed E-state index contributed by atoms with van der Waals surface area (Å²) in [6, 6.07) is 0. The SMILES string of the molecule is C#C[C@]1(CO)OC(n2cnc3c(=O)[nH]c(N)nc32)C[C@@H]1O. The maximum atomic E-state index is 11.7. The number of nitrogen functional groups attached to an aromatic ring is 1. The number of hydrogen-bond acceptors (Lipinski definition) is 7. The topological polar surface area (TPSA) is 139 Å². The lowest BCUT2D eigenvalue weighted by molar-refractivity contribution is -0.0891. The van der Waals surface area contributed by atoms with Crippen molar-refractivity contribution in [3.8, 4) is 12.3 Å². The number of fused-ring (bicyclic) bond motifs is 1. The number of aliphatic hydroxyl groups is 2. The second-order valence-electron chi connectivity index (χ2n) is 4.79. The predicted octanol–water partition coefficient (Wildman–Crippen LogP) is -1.65. The van der Waals surface area contributed by atoms with Crippen LogP contribution >= 0.6 is 0 Å². The van der Waals surface area contributed by atoms with Crippen LogP contribution in [-0.2, 0) is 4.74 Å². The Morgan fingerprint density at radius 3 is 3.10 bits per heavy atom. The Balaban J connectivity index is 2.07. The summed E-state index contributed by atoms with van der Waals surface area (Å²) in [5, 5.41) is 19.4. The molecule has 0 aromatic carbocycles. The van der Waals surface area contributed by atoms with Crippen LogP contribution in [0.2, 0.25) is 0 Å². The van der Waals surface area contributed by atoms with Crippen molar-refractivity contribution in [2.75, 3.05) is 12.3 Å². The van der Waals surface area contributed by atoms with E-state index in [9.17, 15) is 15.0 Å². The first-order valence-electron chi connectivity index (χ1n) is 6.17. The molecule has 1 unspecified atom stereocenters. The van der Waals surface area contributed by atoms with E-state index in [-0.39, 0.29) is 23.5 Å². The summed E-state index contributed by atoms with van der Waals surface area (Å²) >= 11 is 0. The molecule has 1 aliphatic heterocycles. The zero-order valence-electron chi connectivity index (χ0n) is 10.9. The summed E-state index contributed by atoms with van der Waals surface area (Å²) in [6.07, 6.45) is 5.07. The van der Waals surface area contributed by atoms with Gasteiger partial charge in [0.05, 0.1) is 12.9 Å². The summed E-state index contributed by atoms with van der Waals surface area (Å²) in [7, 11) is 0. The van der Waals surface area contributed by atoms with E-state index >= 15 is 0 Å². The Hall–Kier alpha value is -2.41. The quantitative estimate of drug-likeness (QED) is 0.486. The molecule has 0 aliphatic carbocycles. The molecule has 2 aromatic rings.